The number of hydrogen-bond donors (Lipinski definition) is 0. The Morgan fingerprint density at radius 1 is 0.143 bits per heavy atom. The third-order valence-electron chi connectivity index (χ3n) is 0. The van der Waals surface area contributed by atoms with E-state index < -0.39 is 0 Å². The maximum Gasteiger partial charge on any atom is 0 e. The summed E-state index contributed by atoms with van der Waals surface area (Å²) in [5.41, 5.74) is 0. The van der Waals surface area contributed by atoms with Crippen molar-refractivity contribution in [1.82, 2.24) is 0 Å². The van der Waals surface area contributed by atoms with Crippen molar-refractivity contribution in [2.45, 2.75) is 13.8 Å². The van der Waals surface area contributed by atoms with Crippen LogP contribution in [0, 0.1) is 14.9 Å². The van der Waals surface area contributed by atoms with Gasteiger partial charge in [-0.25, -0.2) is 0 Å². The molecule has 0 aromatic carbocycles. The molecule has 0 atom stereocenters. The van der Waals surface area contributed by atoms with Gasteiger partial charge in [-0.1, -0.05) is 13.8 Å². The molecule has 0 bridgehead atoms. The molecule has 0 unspecified atom stereocenters. The number of rotatable bonds is 0. The molecule has 0 aliphatic carbocycles. The summed E-state index contributed by atoms with van der Waals surface area (Å²) in [7, 11) is 0. The molecule has 0 aromatic heterocycles. The summed E-state index contributed by atoms with van der Waals surface area (Å²) in [6.07, 6.45) is 0. The average Bonchev–Trinajstić information content (AvgIpc) is 1.00. The van der Waals surface area contributed by atoms with Crippen LogP contribution in [0.2, 0.25) is 0 Å². The van der Waals surface area contributed by atoms with Crippen LogP contribution in [-0.2, 0) is 785 Å². The van der Waals surface area contributed by atoms with Crippen LogP contribution in [0.1, 0.15) is 13.8 Å². The molecule has 0 saturated carbocycles. The molecular formula is C4H12Y24-2. The van der Waals surface area contributed by atoms with Gasteiger partial charge in [-0.2, -0.15) is 0 Å². The Morgan fingerprint density at radius 3 is 0.143 bits per heavy atom. The van der Waals surface area contributed by atoms with Crippen molar-refractivity contribution in [2.75, 3.05) is 0 Å². The van der Waals surface area contributed by atoms with Crippen LogP contribution in [0.15, 0.2) is 0 Å². The van der Waals surface area contributed by atoms with Gasteiger partial charge in [-0.05, 0) is 0 Å². The predicted octanol–water partition coefficient (Wildman–Crippen LogP) is 1.87. The zero-order chi connectivity index (χ0) is 2.00. The summed E-state index contributed by atoms with van der Waals surface area (Å²) >= 11 is 0. The van der Waals surface area contributed by atoms with Gasteiger partial charge in [0.15, 0.2) is 0 Å². The van der Waals surface area contributed by atoms with Crippen molar-refractivity contribution in [2.24, 2.45) is 0 Å². The van der Waals surface area contributed by atoms with Crippen LogP contribution < -0.4 is 0 Å². The van der Waals surface area contributed by atoms with E-state index in [2.05, 4.69) is 0 Å². The van der Waals surface area contributed by atoms with Gasteiger partial charge in [-0.3, -0.25) is 0 Å². The maximum atomic E-state index is 2.00. The van der Waals surface area contributed by atoms with Crippen molar-refractivity contribution in [3.05, 3.63) is 14.9 Å². The second-order valence-electron chi connectivity index (χ2n) is 0. The fourth-order valence-electron chi connectivity index (χ4n) is 0. The fourth-order valence-corrected chi connectivity index (χ4v) is 0. The van der Waals surface area contributed by atoms with Gasteiger partial charge >= 0.3 is 0 Å². The van der Waals surface area contributed by atoms with Crippen molar-refractivity contribution in [3.63, 3.8) is 0 Å². The van der Waals surface area contributed by atoms with Crippen LogP contribution in [0.5, 0.6) is 0 Å². The van der Waals surface area contributed by atoms with E-state index in [1.165, 1.54) is 0 Å². The monoisotopic (exact) mass is 2190 g/mol. The van der Waals surface area contributed by atoms with Crippen LogP contribution in [0.25, 0.3) is 0 Å². The topological polar surface area (TPSA) is 0 Å². The molecule has 0 spiro atoms. The Labute approximate surface area is 783 Å². The molecule has 24 heteroatoms. The quantitative estimate of drug-likeness (QED) is 0.326. The SMILES string of the molecule is CC.[CH3-].[CH3-].[Y].[Y].[Y].[Y].[Y].[Y].[Y].[Y].[Y].[Y].[Y].[Y].[Y].[Y].[Y].[Y].[Y].[Y].[Y].[Y].[Y].[Y].[Y].[Y]. The maximum absolute atomic E-state index is 2.00. The minimum absolute atomic E-state index is 0. The van der Waals surface area contributed by atoms with Gasteiger partial charge in [0.25, 0.3) is 0 Å². The summed E-state index contributed by atoms with van der Waals surface area (Å²) in [6.45, 7) is 4.00. The molecular weight excluding hydrogens is 2180 g/mol. The van der Waals surface area contributed by atoms with E-state index in [0.717, 1.165) is 0 Å². The van der Waals surface area contributed by atoms with Crippen LogP contribution in [-0.4, -0.2) is 0 Å². The summed E-state index contributed by atoms with van der Waals surface area (Å²) in [4.78, 5) is 0. The van der Waals surface area contributed by atoms with E-state index >= 15 is 0 Å². The molecule has 0 N–H and O–H groups in total. The predicted molar refractivity (Wildman–Crippen MR) is 24.2 cm³/mol. The standard InChI is InChI=1S/C2H6.2CH3.24Y/c1-2;;;;;;;;;;;;;;;;;;;;;;;;;;/h1-2H3;2*1H3;;;;;;;;;;;;;;;;;;;;;;;;/q;2*-1;;;;;;;;;;;;;;;;;;;;;;;;. The third kappa shape index (κ3) is 198. The minimum Gasteiger partial charge on any atom is -0.358 e. The van der Waals surface area contributed by atoms with Crippen molar-refractivity contribution in [1.29, 1.82) is 0 Å². The third-order valence-corrected chi connectivity index (χ3v) is 0. The van der Waals surface area contributed by atoms with Gasteiger partial charge in [-0.15, -0.1) is 0 Å². The molecule has 0 fully saturated rings. The molecule has 0 saturated heterocycles. The molecule has 0 aliphatic heterocycles. The van der Waals surface area contributed by atoms with E-state index in [-0.39, 0.29) is 800 Å². The van der Waals surface area contributed by atoms with Crippen molar-refractivity contribution < 1.29 is 785 Å². The van der Waals surface area contributed by atoms with Gasteiger partial charge in [0.05, 0.1) is 0 Å². The zero-order valence-corrected chi connectivity index (χ0v) is 86.0. The average molecular weight is 2190 g/mol. The van der Waals surface area contributed by atoms with E-state index in [9.17, 15) is 0 Å². The first-order valence-corrected chi connectivity index (χ1v) is 1.00. The van der Waals surface area contributed by atoms with Gasteiger partial charge in [0.2, 0.25) is 0 Å². The molecule has 0 amide bonds. The smallest absolute Gasteiger partial charge is 0 e. The summed E-state index contributed by atoms with van der Waals surface area (Å²) in [5.74, 6) is 0. The van der Waals surface area contributed by atoms with E-state index in [1.807, 2.05) is 13.8 Å². The zero-order valence-electron chi connectivity index (χ0n) is 17.9. The van der Waals surface area contributed by atoms with Gasteiger partial charge in [0.1, 0.15) is 0 Å². The van der Waals surface area contributed by atoms with Crippen molar-refractivity contribution in [3.8, 4) is 0 Å². The Balaban J connectivity index is -0.0000000000154. The first-order chi connectivity index (χ1) is 1.00. The summed E-state index contributed by atoms with van der Waals surface area (Å²) < 4.78 is 0. The second-order valence-corrected chi connectivity index (χ2v) is 0. The Hall–Kier alpha value is 26.5. The largest absolute Gasteiger partial charge is 0.358 e. The molecule has 28 heavy (non-hydrogen) atoms. The van der Waals surface area contributed by atoms with Gasteiger partial charge in [0, 0.05) is 785 Å². The van der Waals surface area contributed by atoms with Crippen LogP contribution in [0.4, 0.5) is 0 Å². The first kappa shape index (κ1) is 206. The molecule has 102 valence electrons. The Kier molecular flexibility index (Phi) is 1550. The molecule has 0 aliphatic rings. The molecule has 0 nitrogen and oxygen atoms in total. The minimum atomic E-state index is 0. The fraction of sp³-hybridized carbons (Fsp3) is 0.500. The Bertz CT molecular complexity index is 16.6. The summed E-state index contributed by atoms with van der Waals surface area (Å²) in [5, 5.41) is 0. The molecule has 24 radical (unpaired) electrons. The van der Waals surface area contributed by atoms with Crippen LogP contribution >= 0.6 is 0 Å². The summed E-state index contributed by atoms with van der Waals surface area (Å²) in [6, 6.07) is 0. The number of hydrogen-bond acceptors (Lipinski definition) is 0. The molecule has 0 aromatic rings. The van der Waals surface area contributed by atoms with Crippen molar-refractivity contribution >= 4 is 0 Å². The molecule has 0 heterocycles. The Morgan fingerprint density at radius 2 is 0.143 bits per heavy atom. The molecule has 0 rings (SSSR count). The van der Waals surface area contributed by atoms with E-state index in [4.69, 9.17) is 0 Å². The normalized spacial score (nSPS) is 0.214. The van der Waals surface area contributed by atoms with E-state index in [0.29, 0.717) is 0 Å². The van der Waals surface area contributed by atoms with E-state index in [1.54, 1.807) is 0 Å². The first-order valence-electron chi connectivity index (χ1n) is 1.00. The van der Waals surface area contributed by atoms with Crippen LogP contribution in [0.3, 0.4) is 0 Å². The van der Waals surface area contributed by atoms with Gasteiger partial charge < -0.3 is 14.9 Å². The second kappa shape index (κ2) is 210.